The minimum absolute atomic E-state index is 0.0120. The van der Waals surface area contributed by atoms with E-state index in [-0.39, 0.29) is 5.17 Å². The predicted molar refractivity (Wildman–Crippen MR) is 78.6 cm³/mol. The zero-order chi connectivity index (χ0) is 13.3. The first-order chi connectivity index (χ1) is 7.63. The normalized spacial score (nSPS) is 13.9. The number of hydrogen-bond donors (Lipinski definition) is 0. The third-order valence-electron chi connectivity index (χ3n) is 1.66. The van der Waals surface area contributed by atoms with E-state index in [0.717, 1.165) is 0 Å². The zero-order valence-electron chi connectivity index (χ0n) is 7.90. The Balaban J connectivity index is 3.04. The van der Waals surface area contributed by atoms with Gasteiger partial charge in [-0.15, -0.1) is 0 Å². The number of halogens is 7. The molecule has 1 nitrogen and oxygen atoms in total. The molecule has 0 unspecified atom stereocenters. The van der Waals surface area contributed by atoms with Crippen LogP contribution in [0.5, 0.6) is 0 Å². The molecule has 1 aromatic rings. The van der Waals surface area contributed by atoms with Crippen molar-refractivity contribution in [2.75, 3.05) is 0 Å². The highest BCUT2D eigenvalue weighted by atomic mass is 35.6. The molecule has 0 radical (unpaired) electrons. The number of aliphatic imine (C=N–C) groups is 1. The van der Waals surface area contributed by atoms with Gasteiger partial charge in [-0.3, -0.25) is 0 Å². The Hall–Kier alpha value is 0.920. The molecule has 0 saturated carbocycles. The van der Waals surface area contributed by atoms with Crippen molar-refractivity contribution >= 4 is 86.4 Å². The lowest BCUT2D eigenvalue weighted by Crippen LogP contribution is -2.29. The lowest BCUT2D eigenvalue weighted by Gasteiger charge is -2.23. The van der Waals surface area contributed by atoms with E-state index in [4.69, 9.17) is 81.2 Å². The molecule has 0 aromatic heterocycles. The van der Waals surface area contributed by atoms with Gasteiger partial charge in [-0.2, -0.15) is 0 Å². The minimum Gasteiger partial charge on any atom is -0.230 e. The van der Waals surface area contributed by atoms with Gasteiger partial charge in [0.1, 0.15) is 5.17 Å². The monoisotopic (exact) mass is 371 g/mol. The van der Waals surface area contributed by atoms with E-state index in [9.17, 15) is 0 Å². The van der Waals surface area contributed by atoms with Gasteiger partial charge in [0.05, 0.1) is 0 Å². The average molecular weight is 374 g/mol. The van der Waals surface area contributed by atoms with Crippen LogP contribution in [0.25, 0.3) is 0 Å². The number of hydrogen-bond acceptors (Lipinski definition) is 1. The summed E-state index contributed by atoms with van der Waals surface area (Å²) in [7, 11) is 0. The van der Waals surface area contributed by atoms with Crippen LogP contribution >= 0.6 is 81.2 Å². The maximum Gasteiger partial charge on any atom is 0.256 e. The lowest BCUT2D eigenvalue weighted by molar-refractivity contribution is 0.853. The number of rotatable bonds is 2. The second-order valence-corrected chi connectivity index (χ2v) is 7.31. The fourth-order valence-corrected chi connectivity index (χ4v) is 1.60. The van der Waals surface area contributed by atoms with Crippen molar-refractivity contribution < 1.29 is 0 Å². The van der Waals surface area contributed by atoms with Gasteiger partial charge in [-0.05, 0) is 12.1 Å². The highest BCUT2D eigenvalue weighted by molar-refractivity contribution is 6.76. The van der Waals surface area contributed by atoms with Crippen molar-refractivity contribution in [3.05, 3.63) is 34.9 Å². The van der Waals surface area contributed by atoms with Gasteiger partial charge in [0.15, 0.2) is 0 Å². The summed E-state index contributed by atoms with van der Waals surface area (Å²) < 4.78 is -3.98. The van der Waals surface area contributed by atoms with E-state index < -0.39 is 8.25 Å². The Morgan fingerprint density at radius 2 is 1.41 bits per heavy atom. The summed E-state index contributed by atoms with van der Waals surface area (Å²) in [5.41, 5.74) is 0.552. The van der Waals surface area contributed by atoms with Crippen LogP contribution < -0.4 is 0 Å². The predicted octanol–water partition coefficient (Wildman–Crippen LogP) is 5.83. The highest BCUT2D eigenvalue weighted by Crippen LogP contribution is 2.47. The van der Waals surface area contributed by atoms with Crippen molar-refractivity contribution in [2.24, 2.45) is 4.99 Å². The molecule has 0 bridgehead atoms. The molecule has 94 valence electrons. The molecule has 0 saturated heterocycles. The zero-order valence-corrected chi connectivity index (χ0v) is 13.2. The molecule has 17 heavy (non-hydrogen) atoms. The van der Waals surface area contributed by atoms with Crippen LogP contribution in [-0.4, -0.2) is 13.4 Å². The maximum absolute atomic E-state index is 5.91. The van der Waals surface area contributed by atoms with Crippen LogP contribution in [0.4, 0.5) is 0 Å². The number of benzene rings is 1. The van der Waals surface area contributed by atoms with Gasteiger partial charge in [0, 0.05) is 10.6 Å². The summed E-state index contributed by atoms with van der Waals surface area (Å²) in [5.74, 6) is 0. The van der Waals surface area contributed by atoms with Crippen molar-refractivity contribution in [3.8, 4) is 0 Å². The van der Waals surface area contributed by atoms with Gasteiger partial charge >= 0.3 is 0 Å². The molecule has 0 amide bonds. The molecule has 0 atom stereocenters. The smallest absolute Gasteiger partial charge is 0.230 e. The van der Waals surface area contributed by atoms with Crippen LogP contribution in [0.15, 0.2) is 29.3 Å². The van der Waals surface area contributed by atoms with Gasteiger partial charge in [0.2, 0.25) is 3.79 Å². The Labute approximate surface area is 134 Å². The van der Waals surface area contributed by atoms with Gasteiger partial charge < -0.3 is 0 Å². The van der Waals surface area contributed by atoms with E-state index in [2.05, 4.69) is 4.99 Å². The van der Waals surface area contributed by atoms with Gasteiger partial charge in [-0.25, -0.2) is 4.99 Å². The summed E-state index contributed by atoms with van der Waals surface area (Å²) in [6.07, 6.45) is 0. The third kappa shape index (κ3) is 4.50. The van der Waals surface area contributed by atoms with Crippen LogP contribution in [0.1, 0.15) is 5.56 Å². The van der Waals surface area contributed by atoms with Crippen molar-refractivity contribution in [1.29, 1.82) is 0 Å². The molecule has 0 fully saturated rings. The first-order valence-corrected chi connectivity index (χ1v) is 6.74. The van der Waals surface area contributed by atoms with Crippen molar-refractivity contribution in [1.82, 2.24) is 0 Å². The lowest BCUT2D eigenvalue weighted by atomic mass is 10.2. The minimum atomic E-state index is -2.00. The maximum atomic E-state index is 5.91. The fraction of sp³-hybridized carbons (Fsp3) is 0.222. The summed E-state index contributed by atoms with van der Waals surface area (Å²) >= 11 is 39.8. The van der Waals surface area contributed by atoms with E-state index in [1.165, 1.54) is 0 Å². The Morgan fingerprint density at radius 1 is 0.941 bits per heavy atom. The third-order valence-corrected chi connectivity index (χ3v) is 4.35. The molecule has 0 heterocycles. The summed E-state index contributed by atoms with van der Waals surface area (Å²) in [6.45, 7) is 0. The summed E-state index contributed by atoms with van der Waals surface area (Å²) in [4.78, 5) is 3.75. The largest absolute Gasteiger partial charge is 0.256 e. The first kappa shape index (κ1) is 16.0. The second kappa shape index (κ2) is 5.92. The summed E-state index contributed by atoms with van der Waals surface area (Å²) in [6, 6.07) is 6.54. The number of alkyl halides is 5. The van der Waals surface area contributed by atoms with Crippen LogP contribution in [0.3, 0.4) is 0 Å². The molecule has 0 aliphatic heterocycles. The molecule has 8 heteroatoms. The topological polar surface area (TPSA) is 12.4 Å². The molecular formula is C9H4Cl7N. The second-order valence-electron chi connectivity index (χ2n) is 2.95. The summed E-state index contributed by atoms with van der Waals surface area (Å²) in [5, 5.41) is 0.570. The Morgan fingerprint density at radius 3 is 1.82 bits per heavy atom. The van der Waals surface area contributed by atoms with Crippen LogP contribution in [0.2, 0.25) is 5.02 Å². The highest BCUT2D eigenvalue weighted by Gasteiger charge is 2.46. The molecule has 0 aliphatic rings. The quantitative estimate of drug-likeness (QED) is 0.351. The van der Waals surface area contributed by atoms with Crippen LogP contribution in [-0.2, 0) is 0 Å². The van der Waals surface area contributed by atoms with Gasteiger partial charge in [0.25, 0.3) is 4.46 Å². The molecule has 1 aromatic carbocycles. The molecule has 0 spiro atoms. The molecule has 0 aliphatic carbocycles. The Bertz CT molecular complexity index is 418. The molecule has 1 rings (SSSR count). The SMILES string of the molecule is Cl/C(=N\C(Cl)(Cl)C(Cl)(Cl)Cl)c1ccc(Cl)cc1. The van der Waals surface area contributed by atoms with Gasteiger partial charge in [-0.1, -0.05) is 93.3 Å². The van der Waals surface area contributed by atoms with Crippen molar-refractivity contribution in [2.45, 2.75) is 8.25 Å². The number of nitrogens with zero attached hydrogens (tertiary/aromatic N) is 1. The molecule has 0 N–H and O–H groups in total. The average Bonchev–Trinajstić information content (AvgIpc) is 2.16. The Kier molecular flexibility index (Phi) is 5.56. The first-order valence-electron chi connectivity index (χ1n) is 4.09. The van der Waals surface area contributed by atoms with Crippen LogP contribution in [0, 0.1) is 0 Å². The van der Waals surface area contributed by atoms with Crippen molar-refractivity contribution in [3.63, 3.8) is 0 Å². The van der Waals surface area contributed by atoms with E-state index in [1.54, 1.807) is 24.3 Å². The standard InChI is InChI=1S/C9H4Cl7N/c10-6-3-1-5(2-4-6)7(11)17-9(15,16)8(12,13)14/h1-4H/b17-7-. The van der Waals surface area contributed by atoms with E-state index in [0.29, 0.717) is 10.6 Å². The molecular weight excluding hydrogens is 370 g/mol. The fourth-order valence-electron chi connectivity index (χ4n) is 0.839. The van der Waals surface area contributed by atoms with E-state index >= 15 is 0 Å². The van der Waals surface area contributed by atoms with E-state index in [1.807, 2.05) is 0 Å².